The zero-order valence-corrected chi connectivity index (χ0v) is 56.5. The van der Waals surface area contributed by atoms with Crippen molar-refractivity contribution in [2.45, 2.75) is 75.5 Å². The normalized spacial score (nSPS) is 16.8. The van der Waals surface area contributed by atoms with Gasteiger partial charge in [-0.3, -0.25) is 0 Å². The van der Waals surface area contributed by atoms with Crippen molar-refractivity contribution in [3.05, 3.63) is 263 Å². The van der Waals surface area contributed by atoms with Crippen molar-refractivity contribution >= 4 is 0 Å². The van der Waals surface area contributed by atoms with Gasteiger partial charge in [0, 0.05) is 77.2 Å². The van der Waals surface area contributed by atoms with Gasteiger partial charge in [-0.15, -0.1) is 0 Å². The van der Waals surface area contributed by atoms with Crippen molar-refractivity contribution in [3.63, 3.8) is 0 Å². The molecule has 0 amide bonds. The van der Waals surface area contributed by atoms with Crippen LogP contribution in [0, 0.1) is 0 Å². The summed E-state index contributed by atoms with van der Waals surface area (Å²) in [7, 11) is 6.77. The van der Waals surface area contributed by atoms with E-state index in [2.05, 4.69) is 164 Å². The molecule has 8 aromatic carbocycles. The molecular weight excluding hydrogens is 1200 g/mol. The maximum absolute atomic E-state index is 6.08. The monoisotopic (exact) mass is 1300 g/mol. The Morgan fingerprint density at radius 2 is 0.552 bits per heavy atom. The molecule has 4 aliphatic rings. The third-order valence-electron chi connectivity index (χ3n) is 17.1. The molecule has 0 spiro atoms. The Morgan fingerprint density at radius 1 is 0.281 bits per heavy atom. The van der Waals surface area contributed by atoms with Crippen LogP contribution in [0.5, 0.6) is 46.0 Å². The van der Waals surface area contributed by atoms with Crippen LogP contribution in [0.2, 0.25) is 0 Å². The number of methoxy groups -OCH3 is 4. The fourth-order valence-electron chi connectivity index (χ4n) is 11.4. The molecule has 0 aliphatic carbocycles. The van der Waals surface area contributed by atoms with Gasteiger partial charge in [-0.25, -0.2) is 0 Å². The van der Waals surface area contributed by atoms with E-state index in [1.807, 2.05) is 97.6 Å². The number of hydrogen-bond acceptors (Lipinski definition) is 16. The van der Waals surface area contributed by atoms with Crippen molar-refractivity contribution in [1.82, 2.24) is 42.5 Å². The highest BCUT2D eigenvalue weighted by Gasteiger charge is 2.17. The van der Waals surface area contributed by atoms with Crippen molar-refractivity contribution in [1.29, 1.82) is 0 Å². The van der Waals surface area contributed by atoms with Gasteiger partial charge < -0.3 is 80.4 Å². The van der Waals surface area contributed by atoms with Crippen LogP contribution in [0.15, 0.2) is 219 Å². The second-order valence-electron chi connectivity index (χ2n) is 24.0. The van der Waals surface area contributed by atoms with Gasteiger partial charge >= 0.3 is 0 Å². The predicted molar refractivity (Wildman–Crippen MR) is 387 cm³/mol. The number of hydrogen-bond donors (Lipinski definition) is 8. The summed E-state index contributed by atoms with van der Waals surface area (Å²) in [5.74, 6) is 7.53. The summed E-state index contributed by atoms with van der Waals surface area (Å²) in [4.78, 5) is 0. The molecule has 1 unspecified atom stereocenters. The number of ether oxygens (including phenoxy) is 8. The van der Waals surface area contributed by atoms with E-state index in [0.717, 1.165) is 150 Å². The first-order valence-electron chi connectivity index (χ1n) is 33.9. The minimum Gasteiger partial charge on any atom is -0.497 e. The van der Waals surface area contributed by atoms with Gasteiger partial charge in [-0.05, 0) is 169 Å². The van der Waals surface area contributed by atoms with Gasteiger partial charge in [-0.1, -0.05) is 121 Å². The number of nitrogens with one attached hydrogen (secondary N) is 8. The zero-order valence-electron chi connectivity index (χ0n) is 56.5. The third kappa shape index (κ3) is 24.8. The molecule has 8 aromatic rings. The van der Waals surface area contributed by atoms with Gasteiger partial charge in [0.1, 0.15) is 72.4 Å². The maximum Gasteiger partial charge on any atom is 0.122 e. The molecule has 0 aromatic heterocycles. The number of para-hydroxylation sites is 4. The largest absolute Gasteiger partial charge is 0.497 e. The van der Waals surface area contributed by atoms with Gasteiger partial charge in [0.25, 0.3) is 0 Å². The van der Waals surface area contributed by atoms with E-state index in [4.69, 9.17) is 37.9 Å². The first-order chi connectivity index (χ1) is 47.4. The van der Waals surface area contributed by atoms with E-state index in [-0.39, 0.29) is 0 Å². The van der Waals surface area contributed by atoms with E-state index in [9.17, 15) is 0 Å². The summed E-state index contributed by atoms with van der Waals surface area (Å²) < 4.78 is 45.1. The third-order valence-corrected chi connectivity index (χ3v) is 17.1. The molecule has 0 radical (unpaired) electrons. The molecule has 8 N–H and O–H groups in total. The van der Waals surface area contributed by atoms with E-state index in [0.29, 0.717) is 50.6 Å². The topological polar surface area (TPSA) is 170 Å². The Bertz CT molecular complexity index is 3270. The van der Waals surface area contributed by atoms with Crippen LogP contribution < -0.4 is 80.4 Å². The van der Waals surface area contributed by atoms with Gasteiger partial charge in [0.05, 0.1) is 52.6 Å². The summed E-state index contributed by atoms with van der Waals surface area (Å²) in [5, 5.41) is 26.7. The summed E-state index contributed by atoms with van der Waals surface area (Å²) in [6, 6.07) is 67.7. The molecule has 96 heavy (non-hydrogen) atoms. The minimum atomic E-state index is 0.296. The van der Waals surface area contributed by atoms with Crippen LogP contribution in [-0.2, 0) is 51.4 Å². The van der Waals surface area contributed by atoms with E-state index in [1.54, 1.807) is 28.4 Å². The molecule has 4 atom stereocenters. The quantitative estimate of drug-likeness (QED) is 0.0233. The smallest absolute Gasteiger partial charge is 0.122 e. The predicted octanol–water partition coefficient (Wildman–Crippen LogP) is 10.6. The lowest BCUT2D eigenvalue weighted by molar-refractivity contribution is 0.245. The summed E-state index contributed by atoms with van der Waals surface area (Å²) in [5.41, 5.74) is 10.2. The van der Waals surface area contributed by atoms with E-state index < -0.39 is 0 Å². The summed E-state index contributed by atoms with van der Waals surface area (Å²) >= 11 is 0. The van der Waals surface area contributed by atoms with Gasteiger partial charge in [0.2, 0.25) is 0 Å². The van der Waals surface area contributed by atoms with Crippen LogP contribution in [0.3, 0.4) is 0 Å². The molecule has 2 fully saturated rings. The molecule has 2 saturated heterocycles. The van der Waals surface area contributed by atoms with Crippen LogP contribution in [0.1, 0.15) is 44.5 Å². The zero-order chi connectivity index (χ0) is 66.5. The number of piperazine rings is 2. The molecule has 4 aliphatic heterocycles. The first-order valence-corrected chi connectivity index (χ1v) is 33.9. The molecule has 0 bridgehead atoms. The Morgan fingerprint density at radius 3 is 0.792 bits per heavy atom. The van der Waals surface area contributed by atoms with Crippen LogP contribution >= 0.6 is 0 Å². The summed E-state index contributed by atoms with van der Waals surface area (Å²) in [6.45, 7) is 10.5. The van der Waals surface area contributed by atoms with Gasteiger partial charge in [-0.2, -0.15) is 0 Å². The fourth-order valence-corrected chi connectivity index (χ4v) is 11.4. The highest BCUT2D eigenvalue weighted by molar-refractivity contribution is 5.39. The minimum absolute atomic E-state index is 0.296. The maximum atomic E-state index is 6.08. The Balaban J connectivity index is 0.000000150. The van der Waals surface area contributed by atoms with Crippen molar-refractivity contribution in [3.8, 4) is 46.0 Å². The molecular formula is C80H100N8O8. The SMILES string of the molecule is COc1ccc(CCc2ccccc2OCC2CNC=CN2)cc1.COc1ccc(CCc2ccccc2OC[C@@H]2CNCCN2)cc1.COc1ccc(CCc2ccccc2OC[C@H]2CNC=CN2)cc1.COc1ccc(CCc2ccccc2OC[C@H]2CNCCN2)cc1. The molecule has 0 saturated carbocycles. The second-order valence-corrected chi connectivity index (χ2v) is 24.0. The van der Waals surface area contributed by atoms with E-state index >= 15 is 0 Å². The van der Waals surface area contributed by atoms with Crippen LogP contribution in [0.25, 0.3) is 0 Å². The average Bonchev–Trinajstić information content (AvgIpc) is 1.40. The first kappa shape index (κ1) is 71.0. The lowest BCUT2D eigenvalue weighted by Crippen LogP contribution is -2.51. The van der Waals surface area contributed by atoms with Crippen molar-refractivity contribution in [2.75, 3.05) is 107 Å². The number of aryl methyl sites for hydroxylation is 8. The molecule has 16 heteroatoms. The molecule has 12 rings (SSSR count). The van der Waals surface area contributed by atoms with Crippen molar-refractivity contribution < 1.29 is 37.9 Å². The average molecular weight is 1300 g/mol. The molecule has 16 nitrogen and oxygen atoms in total. The Labute approximate surface area is 569 Å². The summed E-state index contributed by atoms with van der Waals surface area (Å²) in [6.07, 6.45) is 15.5. The molecule has 508 valence electrons. The second kappa shape index (κ2) is 40.8. The Hall–Kier alpha value is -9.32. The number of rotatable bonds is 28. The fraction of sp³-hybridized carbons (Fsp3) is 0.350. The highest BCUT2D eigenvalue weighted by atomic mass is 16.5. The van der Waals surface area contributed by atoms with Crippen LogP contribution in [0.4, 0.5) is 0 Å². The van der Waals surface area contributed by atoms with Crippen molar-refractivity contribution in [2.24, 2.45) is 0 Å². The highest BCUT2D eigenvalue weighted by Crippen LogP contribution is 2.26. The number of benzene rings is 8. The lowest BCUT2D eigenvalue weighted by atomic mass is 10.0. The van der Waals surface area contributed by atoms with E-state index in [1.165, 1.54) is 44.5 Å². The van der Waals surface area contributed by atoms with Gasteiger partial charge in [0.15, 0.2) is 0 Å². The standard InChI is InChI=1S/2C20H26N2O2.2C20H24N2O2/c4*1-23-19-10-7-16(8-11-19)6-9-17-4-2-3-5-20(17)24-15-18-14-21-12-13-22-18/h2*2-5,7-8,10-11,18,21-22H,6,9,12-15H2,1H3;2*2-5,7-8,10-13,18,21-22H,6,9,14-15H2,1H3/t3*18-;/m101./s1. The van der Waals surface area contributed by atoms with Crippen LogP contribution in [-0.4, -0.2) is 131 Å². The Kier molecular flexibility index (Phi) is 30.2. The lowest BCUT2D eigenvalue weighted by Gasteiger charge is -2.25. The molecule has 4 heterocycles.